The molecule has 132 valence electrons. The largest absolute Gasteiger partial charge is 0.500 e. The third-order valence-corrected chi connectivity index (χ3v) is 3.37. The zero-order valence-corrected chi connectivity index (χ0v) is 13.6. The SMILES string of the molecule is CCOc1cc(C=C(C#N)c2cccc([N+](=O)[O-])c2)cc([N+](=O)[O-])c1O. The zero-order valence-electron chi connectivity index (χ0n) is 13.6. The van der Waals surface area contributed by atoms with Gasteiger partial charge in [-0.3, -0.25) is 20.2 Å². The first-order valence-corrected chi connectivity index (χ1v) is 7.38. The number of nitro benzene ring substituents is 2. The second-order valence-electron chi connectivity index (χ2n) is 5.05. The van der Waals surface area contributed by atoms with Crippen molar-refractivity contribution in [2.24, 2.45) is 0 Å². The van der Waals surface area contributed by atoms with Crippen LogP contribution in [0.5, 0.6) is 11.5 Å². The van der Waals surface area contributed by atoms with Gasteiger partial charge in [0, 0.05) is 18.2 Å². The minimum Gasteiger partial charge on any atom is -0.500 e. The molecule has 0 amide bonds. The fourth-order valence-corrected chi connectivity index (χ4v) is 2.24. The van der Waals surface area contributed by atoms with Crippen molar-refractivity contribution in [2.45, 2.75) is 6.92 Å². The molecule has 0 aromatic heterocycles. The van der Waals surface area contributed by atoms with Crippen LogP contribution in [0.4, 0.5) is 11.4 Å². The fourth-order valence-electron chi connectivity index (χ4n) is 2.24. The smallest absolute Gasteiger partial charge is 0.315 e. The van der Waals surface area contributed by atoms with E-state index in [1.54, 1.807) is 6.92 Å². The van der Waals surface area contributed by atoms with Crippen LogP contribution < -0.4 is 4.74 Å². The van der Waals surface area contributed by atoms with Gasteiger partial charge in [-0.25, -0.2) is 0 Å². The number of ether oxygens (including phenoxy) is 1. The van der Waals surface area contributed by atoms with Gasteiger partial charge in [-0.1, -0.05) is 12.1 Å². The van der Waals surface area contributed by atoms with Crippen molar-refractivity contribution in [3.05, 3.63) is 67.8 Å². The van der Waals surface area contributed by atoms with Crippen molar-refractivity contribution in [3.63, 3.8) is 0 Å². The van der Waals surface area contributed by atoms with Gasteiger partial charge < -0.3 is 9.84 Å². The van der Waals surface area contributed by atoms with Gasteiger partial charge in [-0.15, -0.1) is 0 Å². The summed E-state index contributed by atoms with van der Waals surface area (Å²) in [5.74, 6) is -0.702. The first kappa shape index (κ1) is 18.4. The number of nitrogens with zero attached hydrogens (tertiary/aromatic N) is 3. The first-order valence-electron chi connectivity index (χ1n) is 7.38. The van der Waals surface area contributed by atoms with Crippen LogP contribution in [0.15, 0.2) is 36.4 Å². The molecule has 0 fully saturated rings. The Labute approximate surface area is 147 Å². The minimum atomic E-state index is -0.769. The van der Waals surface area contributed by atoms with Crippen LogP contribution in [0.25, 0.3) is 11.6 Å². The number of non-ortho nitro benzene ring substituents is 1. The molecule has 0 heterocycles. The highest BCUT2D eigenvalue weighted by Gasteiger charge is 2.20. The van der Waals surface area contributed by atoms with Crippen LogP contribution in [0.2, 0.25) is 0 Å². The molecule has 0 saturated carbocycles. The molecule has 1 N–H and O–H groups in total. The van der Waals surface area contributed by atoms with Gasteiger partial charge in [0.05, 0.1) is 28.1 Å². The highest BCUT2D eigenvalue weighted by Crippen LogP contribution is 2.38. The second kappa shape index (κ2) is 7.76. The maximum atomic E-state index is 11.1. The van der Waals surface area contributed by atoms with E-state index in [-0.39, 0.29) is 34.7 Å². The van der Waals surface area contributed by atoms with Crippen LogP contribution in [0, 0.1) is 31.6 Å². The maximum Gasteiger partial charge on any atom is 0.315 e. The first-order chi connectivity index (χ1) is 12.4. The normalized spacial score (nSPS) is 10.8. The van der Waals surface area contributed by atoms with Gasteiger partial charge >= 0.3 is 5.69 Å². The van der Waals surface area contributed by atoms with Crippen LogP contribution in [-0.2, 0) is 0 Å². The molecule has 0 saturated heterocycles. The molecule has 0 radical (unpaired) electrons. The Hall–Kier alpha value is -3.93. The minimum absolute atomic E-state index is 0.0659. The van der Waals surface area contributed by atoms with Gasteiger partial charge in [0.2, 0.25) is 5.75 Å². The molecule has 2 rings (SSSR count). The van der Waals surface area contributed by atoms with Gasteiger partial charge in [0.15, 0.2) is 5.75 Å². The molecule has 0 atom stereocenters. The summed E-state index contributed by atoms with van der Waals surface area (Å²) < 4.78 is 5.18. The van der Waals surface area contributed by atoms with Crippen LogP contribution in [-0.4, -0.2) is 21.6 Å². The Kier molecular flexibility index (Phi) is 5.49. The number of nitro groups is 2. The number of phenols is 1. The lowest BCUT2D eigenvalue weighted by Crippen LogP contribution is -1.96. The number of benzene rings is 2. The zero-order chi connectivity index (χ0) is 19.3. The lowest BCUT2D eigenvalue weighted by atomic mass is 10.0. The summed E-state index contributed by atoms with van der Waals surface area (Å²) in [4.78, 5) is 20.6. The van der Waals surface area contributed by atoms with E-state index in [4.69, 9.17) is 4.74 Å². The second-order valence-corrected chi connectivity index (χ2v) is 5.05. The van der Waals surface area contributed by atoms with E-state index < -0.39 is 21.3 Å². The Morgan fingerprint density at radius 2 is 2.00 bits per heavy atom. The summed E-state index contributed by atoms with van der Waals surface area (Å²) in [6, 6.07) is 9.82. The summed E-state index contributed by atoms with van der Waals surface area (Å²) in [5, 5.41) is 41.3. The van der Waals surface area contributed by atoms with E-state index in [1.807, 2.05) is 6.07 Å². The van der Waals surface area contributed by atoms with E-state index >= 15 is 0 Å². The number of nitriles is 1. The number of allylic oxidation sites excluding steroid dienone is 1. The molecule has 0 aliphatic rings. The molecule has 0 spiro atoms. The predicted octanol–water partition coefficient (Wildman–Crippen LogP) is 3.67. The Balaban J connectivity index is 2.59. The van der Waals surface area contributed by atoms with Crippen molar-refractivity contribution in [1.29, 1.82) is 5.26 Å². The number of hydrogen-bond acceptors (Lipinski definition) is 7. The summed E-state index contributed by atoms with van der Waals surface area (Å²) >= 11 is 0. The molecule has 26 heavy (non-hydrogen) atoms. The van der Waals surface area contributed by atoms with Crippen LogP contribution in [0.1, 0.15) is 18.1 Å². The number of rotatable bonds is 6. The Bertz CT molecular complexity index is 946. The molecule has 0 bridgehead atoms. The number of hydrogen-bond donors (Lipinski definition) is 1. The van der Waals surface area contributed by atoms with Gasteiger partial charge in [-0.05, 0) is 30.2 Å². The fraction of sp³-hybridized carbons (Fsp3) is 0.118. The Morgan fingerprint density at radius 3 is 2.58 bits per heavy atom. The molecule has 0 unspecified atom stereocenters. The molecule has 2 aromatic carbocycles. The van der Waals surface area contributed by atoms with E-state index in [9.17, 15) is 30.6 Å². The van der Waals surface area contributed by atoms with Gasteiger partial charge in [0.1, 0.15) is 0 Å². The van der Waals surface area contributed by atoms with E-state index in [2.05, 4.69) is 0 Å². The van der Waals surface area contributed by atoms with Crippen LogP contribution in [0.3, 0.4) is 0 Å². The third-order valence-electron chi connectivity index (χ3n) is 3.37. The molecule has 9 heteroatoms. The highest BCUT2D eigenvalue weighted by atomic mass is 16.6. The van der Waals surface area contributed by atoms with Gasteiger partial charge in [-0.2, -0.15) is 5.26 Å². The van der Waals surface area contributed by atoms with E-state index in [1.165, 1.54) is 36.4 Å². The third kappa shape index (κ3) is 3.93. The topological polar surface area (TPSA) is 140 Å². The van der Waals surface area contributed by atoms with E-state index in [0.717, 1.165) is 6.07 Å². The van der Waals surface area contributed by atoms with E-state index in [0.29, 0.717) is 0 Å². The summed E-state index contributed by atoms with van der Waals surface area (Å²) in [6.45, 7) is 1.82. The standard InChI is InChI=1S/C17H13N3O6/c1-2-26-16-8-11(7-15(17(16)21)20(24)25)6-13(10-18)12-4-3-5-14(9-12)19(22)23/h3-9,21H,2H2,1H3. The lowest BCUT2D eigenvalue weighted by molar-refractivity contribution is -0.386. The maximum absolute atomic E-state index is 11.1. The van der Waals surface area contributed by atoms with Gasteiger partial charge in [0.25, 0.3) is 5.69 Å². The molecule has 2 aromatic rings. The quantitative estimate of drug-likeness (QED) is 0.361. The molecule has 0 aliphatic heterocycles. The van der Waals surface area contributed by atoms with Crippen molar-refractivity contribution >= 4 is 23.0 Å². The average Bonchev–Trinajstić information content (AvgIpc) is 2.62. The summed E-state index contributed by atoms with van der Waals surface area (Å²) in [6.07, 6.45) is 1.33. The van der Waals surface area contributed by atoms with Crippen molar-refractivity contribution in [1.82, 2.24) is 0 Å². The van der Waals surface area contributed by atoms with Crippen molar-refractivity contribution < 1.29 is 19.7 Å². The van der Waals surface area contributed by atoms with Crippen molar-refractivity contribution in [3.8, 4) is 17.6 Å². The molecular weight excluding hydrogens is 342 g/mol. The predicted molar refractivity (Wildman–Crippen MR) is 92.5 cm³/mol. The highest BCUT2D eigenvalue weighted by molar-refractivity contribution is 5.90. The summed E-state index contributed by atoms with van der Waals surface area (Å²) in [7, 11) is 0. The number of aromatic hydroxyl groups is 1. The molecule has 9 nitrogen and oxygen atoms in total. The number of phenolic OH excluding ortho intramolecular Hbond substituents is 1. The lowest BCUT2D eigenvalue weighted by Gasteiger charge is -2.08. The summed E-state index contributed by atoms with van der Waals surface area (Å²) in [5.41, 5.74) is -0.165. The molecule has 0 aliphatic carbocycles. The Morgan fingerprint density at radius 1 is 1.27 bits per heavy atom. The molecular formula is C17H13N3O6. The van der Waals surface area contributed by atoms with Crippen molar-refractivity contribution in [2.75, 3.05) is 6.61 Å². The van der Waals surface area contributed by atoms with Crippen LogP contribution >= 0.6 is 0 Å². The monoisotopic (exact) mass is 355 g/mol. The average molecular weight is 355 g/mol.